The van der Waals surface area contributed by atoms with E-state index in [2.05, 4.69) is 10.5 Å². The molecule has 0 fully saturated rings. The largest absolute Gasteiger partial charge is 0.360 e. The van der Waals surface area contributed by atoms with Gasteiger partial charge in [0.1, 0.15) is 22.8 Å². The van der Waals surface area contributed by atoms with Crippen molar-refractivity contribution in [2.45, 2.75) is 18.2 Å². The van der Waals surface area contributed by atoms with Gasteiger partial charge in [-0.05, 0) is 49.4 Å². The number of carbonyl (C=O) groups is 1. The van der Waals surface area contributed by atoms with E-state index in [1.165, 1.54) is 12.1 Å². The molecule has 4 nitrogen and oxygen atoms in total. The lowest BCUT2D eigenvalue weighted by atomic mass is 10.1. The Hall–Kier alpha value is -2.31. The van der Waals surface area contributed by atoms with Crippen LogP contribution in [0.5, 0.6) is 0 Å². The summed E-state index contributed by atoms with van der Waals surface area (Å²) in [5, 5.41) is 7.41. The fourth-order valence-electron chi connectivity index (χ4n) is 2.56. The Morgan fingerprint density at radius 3 is 2.70 bits per heavy atom. The summed E-state index contributed by atoms with van der Waals surface area (Å²) < 4.78 is 18.1. The first kappa shape index (κ1) is 19.5. The fourth-order valence-corrected chi connectivity index (χ4v) is 3.64. The molecule has 0 aliphatic carbocycles. The van der Waals surface area contributed by atoms with Gasteiger partial charge in [-0.25, -0.2) is 4.39 Å². The first-order chi connectivity index (χ1) is 13.1. The van der Waals surface area contributed by atoms with E-state index in [0.717, 1.165) is 17.1 Å². The number of aryl methyl sites for hydroxylation is 1. The molecule has 3 rings (SSSR count). The number of thioether (sulfide) groups is 1. The van der Waals surface area contributed by atoms with E-state index >= 15 is 0 Å². The minimum absolute atomic E-state index is 0.240. The highest BCUT2D eigenvalue weighted by molar-refractivity contribution is 7.99. The van der Waals surface area contributed by atoms with Gasteiger partial charge in [0.15, 0.2) is 0 Å². The van der Waals surface area contributed by atoms with Crippen molar-refractivity contribution in [3.63, 3.8) is 0 Å². The van der Waals surface area contributed by atoms with Crippen LogP contribution in [0.2, 0.25) is 5.02 Å². The lowest BCUT2D eigenvalue weighted by molar-refractivity contribution is 0.0953. The molecule has 0 saturated carbocycles. The maximum atomic E-state index is 12.9. The lowest BCUT2D eigenvalue weighted by Crippen LogP contribution is -2.25. The molecule has 2 aromatic carbocycles. The second kappa shape index (κ2) is 9.06. The monoisotopic (exact) mass is 404 g/mol. The van der Waals surface area contributed by atoms with Gasteiger partial charge in [-0.1, -0.05) is 35.0 Å². The number of amides is 1. The summed E-state index contributed by atoms with van der Waals surface area (Å²) in [7, 11) is 0. The molecule has 27 heavy (non-hydrogen) atoms. The Kier molecular flexibility index (Phi) is 6.53. The van der Waals surface area contributed by atoms with E-state index in [1.54, 1.807) is 43.0 Å². The SMILES string of the molecule is Cc1onc(-c2ccccc2Cl)c1C(=O)NCCCSc1ccc(F)cc1. The molecular formula is C20H18ClFN2O2S. The number of aromatic nitrogens is 1. The number of hydrogen-bond acceptors (Lipinski definition) is 4. The van der Waals surface area contributed by atoms with Crippen molar-refractivity contribution in [3.05, 3.63) is 70.7 Å². The summed E-state index contributed by atoms with van der Waals surface area (Å²) in [6.45, 7) is 2.21. The summed E-state index contributed by atoms with van der Waals surface area (Å²) >= 11 is 7.84. The third-order valence-electron chi connectivity index (χ3n) is 3.91. The van der Waals surface area contributed by atoms with E-state index in [1.807, 2.05) is 12.1 Å². The van der Waals surface area contributed by atoms with Crippen LogP contribution in [0.1, 0.15) is 22.5 Å². The predicted molar refractivity (Wildman–Crippen MR) is 106 cm³/mol. The number of benzene rings is 2. The smallest absolute Gasteiger partial charge is 0.257 e. The van der Waals surface area contributed by atoms with E-state index in [-0.39, 0.29) is 11.7 Å². The van der Waals surface area contributed by atoms with Crippen LogP contribution >= 0.6 is 23.4 Å². The summed E-state index contributed by atoms with van der Waals surface area (Å²) in [6.07, 6.45) is 0.777. The van der Waals surface area contributed by atoms with Crippen LogP contribution in [0.25, 0.3) is 11.3 Å². The average molecular weight is 405 g/mol. The van der Waals surface area contributed by atoms with E-state index < -0.39 is 0 Å². The Morgan fingerprint density at radius 1 is 1.22 bits per heavy atom. The minimum Gasteiger partial charge on any atom is -0.360 e. The van der Waals surface area contributed by atoms with Crippen LogP contribution in [0, 0.1) is 12.7 Å². The Balaban J connectivity index is 1.56. The zero-order chi connectivity index (χ0) is 19.2. The quantitative estimate of drug-likeness (QED) is 0.425. The molecule has 3 aromatic rings. The number of halogens is 2. The predicted octanol–water partition coefficient (Wildman–Crippen LogP) is 5.35. The molecule has 1 heterocycles. The van der Waals surface area contributed by atoms with Gasteiger partial charge in [-0.15, -0.1) is 11.8 Å². The topological polar surface area (TPSA) is 55.1 Å². The van der Waals surface area contributed by atoms with Crippen molar-refractivity contribution in [1.82, 2.24) is 10.5 Å². The van der Waals surface area contributed by atoms with Gasteiger partial charge in [0, 0.05) is 17.0 Å². The molecule has 0 atom stereocenters. The molecule has 0 saturated heterocycles. The minimum atomic E-state index is -0.245. The summed E-state index contributed by atoms with van der Waals surface area (Å²) in [4.78, 5) is 13.6. The molecule has 0 radical (unpaired) electrons. The van der Waals surface area contributed by atoms with Crippen molar-refractivity contribution in [3.8, 4) is 11.3 Å². The van der Waals surface area contributed by atoms with Crippen LogP contribution < -0.4 is 5.32 Å². The summed E-state index contributed by atoms with van der Waals surface area (Å²) in [5.41, 5.74) is 1.50. The van der Waals surface area contributed by atoms with Crippen LogP contribution in [-0.4, -0.2) is 23.4 Å². The summed E-state index contributed by atoms with van der Waals surface area (Å²) in [6, 6.07) is 13.6. The second-order valence-corrected chi connectivity index (χ2v) is 7.43. The van der Waals surface area contributed by atoms with E-state index in [0.29, 0.717) is 34.1 Å². The number of carbonyl (C=O) groups excluding carboxylic acids is 1. The van der Waals surface area contributed by atoms with Gasteiger partial charge >= 0.3 is 0 Å². The molecule has 0 bridgehead atoms. The molecule has 1 amide bonds. The zero-order valence-electron chi connectivity index (χ0n) is 14.7. The molecule has 1 N–H and O–H groups in total. The molecule has 0 aliphatic heterocycles. The lowest BCUT2D eigenvalue weighted by Gasteiger charge is -2.07. The van der Waals surface area contributed by atoms with Gasteiger partial charge in [0.2, 0.25) is 0 Å². The van der Waals surface area contributed by atoms with Gasteiger partial charge in [-0.3, -0.25) is 4.79 Å². The van der Waals surface area contributed by atoms with E-state index in [9.17, 15) is 9.18 Å². The van der Waals surface area contributed by atoms with Crippen molar-refractivity contribution in [2.24, 2.45) is 0 Å². The maximum absolute atomic E-state index is 12.9. The van der Waals surface area contributed by atoms with Crippen molar-refractivity contribution in [1.29, 1.82) is 0 Å². The molecule has 7 heteroatoms. The molecule has 1 aromatic heterocycles. The third kappa shape index (κ3) is 4.90. The Labute approximate surface area is 166 Å². The molecule has 0 spiro atoms. The van der Waals surface area contributed by atoms with Gasteiger partial charge in [0.25, 0.3) is 5.91 Å². The highest BCUT2D eigenvalue weighted by Gasteiger charge is 2.22. The number of nitrogens with zero attached hydrogens (tertiary/aromatic N) is 1. The second-order valence-electron chi connectivity index (χ2n) is 5.85. The van der Waals surface area contributed by atoms with Gasteiger partial charge in [0.05, 0.1) is 5.02 Å². The van der Waals surface area contributed by atoms with E-state index in [4.69, 9.17) is 16.1 Å². The fraction of sp³-hybridized carbons (Fsp3) is 0.200. The van der Waals surface area contributed by atoms with Crippen molar-refractivity contribution in [2.75, 3.05) is 12.3 Å². The zero-order valence-corrected chi connectivity index (χ0v) is 16.2. The number of nitrogens with one attached hydrogen (secondary N) is 1. The molecule has 0 unspecified atom stereocenters. The molecule has 0 aliphatic rings. The number of rotatable bonds is 7. The first-order valence-electron chi connectivity index (χ1n) is 8.44. The van der Waals surface area contributed by atoms with Gasteiger partial charge < -0.3 is 9.84 Å². The normalized spacial score (nSPS) is 10.8. The highest BCUT2D eigenvalue weighted by Crippen LogP contribution is 2.30. The van der Waals surface area contributed by atoms with Crippen LogP contribution in [-0.2, 0) is 0 Å². The van der Waals surface area contributed by atoms with Crippen LogP contribution in [0.3, 0.4) is 0 Å². The third-order valence-corrected chi connectivity index (χ3v) is 5.34. The Morgan fingerprint density at radius 2 is 1.96 bits per heavy atom. The number of hydrogen-bond donors (Lipinski definition) is 1. The van der Waals surface area contributed by atoms with Crippen molar-refractivity contribution >= 4 is 29.3 Å². The van der Waals surface area contributed by atoms with Crippen LogP contribution in [0.15, 0.2) is 57.9 Å². The maximum Gasteiger partial charge on any atom is 0.257 e. The van der Waals surface area contributed by atoms with Crippen molar-refractivity contribution < 1.29 is 13.7 Å². The molecular weight excluding hydrogens is 387 g/mol. The average Bonchev–Trinajstić information content (AvgIpc) is 3.04. The van der Waals surface area contributed by atoms with Gasteiger partial charge in [-0.2, -0.15) is 0 Å². The van der Waals surface area contributed by atoms with Crippen LogP contribution in [0.4, 0.5) is 4.39 Å². The molecule has 140 valence electrons. The summed E-state index contributed by atoms with van der Waals surface area (Å²) in [5.74, 6) is 0.773. The Bertz CT molecular complexity index is 928. The first-order valence-corrected chi connectivity index (χ1v) is 9.80. The standard InChI is InChI=1S/C20H18ClFN2O2S/c1-13-18(19(24-26-13)16-5-2-3-6-17(16)21)20(25)23-11-4-12-27-15-9-7-14(22)8-10-15/h2-3,5-10H,4,11-12H2,1H3,(H,23,25). The highest BCUT2D eigenvalue weighted by atomic mass is 35.5.